The van der Waals surface area contributed by atoms with E-state index in [0.29, 0.717) is 0 Å². The van der Waals surface area contributed by atoms with Gasteiger partial charge in [-0.3, -0.25) is 0 Å². The van der Waals surface area contributed by atoms with E-state index in [4.69, 9.17) is 20.4 Å². The second kappa shape index (κ2) is 7.02. The van der Waals surface area contributed by atoms with Crippen molar-refractivity contribution in [2.24, 2.45) is 0 Å². The zero-order valence-corrected chi connectivity index (χ0v) is 8.46. The van der Waals surface area contributed by atoms with Gasteiger partial charge in [0.15, 0.2) is 0 Å². The van der Waals surface area contributed by atoms with Crippen LogP contribution in [0.15, 0.2) is 0 Å². The van der Waals surface area contributed by atoms with Gasteiger partial charge in [-0.15, -0.1) is 0 Å². The Labute approximate surface area is 98.4 Å². The average Bonchev–Trinajstić information content (AvgIpc) is 2.00. The predicted octanol–water partition coefficient (Wildman–Crippen LogP) is -4.57. The van der Waals surface area contributed by atoms with Gasteiger partial charge in [0.25, 0.3) is 0 Å². The van der Waals surface area contributed by atoms with Gasteiger partial charge in [-0.1, -0.05) is 0 Å². The monoisotopic (exact) mass is 205 g/mol. The Bertz CT molecular complexity index is 140. The number of carboxylic acids is 1. The van der Waals surface area contributed by atoms with Crippen molar-refractivity contribution in [3.05, 3.63) is 0 Å². The fraction of sp³-hybridized carbons (Fsp3) is 0.800. The molecule has 0 radical (unpaired) electrons. The number of hydrogen-bond donors (Lipinski definition) is 4. The summed E-state index contributed by atoms with van der Waals surface area (Å²) < 4.78 is 0. The third kappa shape index (κ3) is 4.56. The summed E-state index contributed by atoms with van der Waals surface area (Å²) in [5.74, 6) is -1.90. The Balaban J connectivity index is 0. The third-order valence-corrected chi connectivity index (χ3v) is 1.15. The molecular weight excluding hydrogens is 196 g/mol. The number of rotatable bonds is 4. The number of carbonyl (C=O) groups excluding carboxylic acids is 1. The molecule has 3 atom stereocenters. The van der Waals surface area contributed by atoms with Crippen molar-refractivity contribution in [2.75, 3.05) is 6.61 Å². The standard InChI is InChI=1S/C5H10O6.Ca/c6-1-2(7)3(8)4(9)5(10)11;/h2-4,6-9H,1H2,(H,10,11);/q;+2/p-1. The van der Waals surface area contributed by atoms with Crippen LogP contribution in [0.3, 0.4) is 0 Å². The van der Waals surface area contributed by atoms with Crippen molar-refractivity contribution in [1.82, 2.24) is 0 Å². The van der Waals surface area contributed by atoms with Gasteiger partial charge in [0, 0.05) is 0 Å². The molecule has 0 rings (SSSR count). The van der Waals surface area contributed by atoms with Crippen LogP contribution in [0.5, 0.6) is 0 Å². The first-order chi connectivity index (χ1) is 5.00. The molecule has 12 heavy (non-hydrogen) atoms. The third-order valence-electron chi connectivity index (χ3n) is 1.15. The molecular formula is C5H9CaO6+. The number of carboxylic acid groups (broad SMARTS) is 1. The molecule has 4 N–H and O–H groups in total. The number of hydrogen-bond acceptors (Lipinski definition) is 6. The van der Waals surface area contributed by atoms with Gasteiger partial charge in [-0.25, -0.2) is 0 Å². The van der Waals surface area contributed by atoms with Crippen molar-refractivity contribution in [3.8, 4) is 0 Å². The molecule has 0 fully saturated rings. The predicted molar refractivity (Wildman–Crippen MR) is 35.9 cm³/mol. The van der Waals surface area contributed by atoms with Crippen LogP contribution < -0.4 is 5.11 Å². The molecule has 0 aromatic heterocycles. The normalized spacial score (nSPS) is 17.3. The van der Waals surface area contributed by atoms with E-state index in [2.05, 4.69) is 0 Å². The van der Waals surface area contributed by atoms with Gasteiger partial charge in [0.1, 0.15) is 18.3 Å². The molecule has 0 heterocycles. The first-order valence-corrected chi connectivity index (χ1v) is 2.86. The Kier molecular flexibility index (Phi) is 8.81. The molecule has 0 aliphatic carbocycles. The molecule has 0 amide bonds. The van der Waals surface area contributed by atoms with Crippen LogP contribution in [0.25, 0.3) is 0 Å². The summed E-state index contributed by atoms with van der Waals surface area (Å²) in [4.78, 5) is 9.85. The van der Waals surface area contributed by atoms with Gasteiger partial charge >= 0.3 is 37.7 Å². The zero-order valence-electron chi connectivity index (χ0n) is 6.25. The Hall–Kier alpha value is 0.570. The van der Waals surface area contributed by atoms with Crippen LogP contribution in [-0.4, -0.2) is 89.1 Å². The molecule has 6 nitrogen and oxygen atoms in total. The molecule has 7 heteroatoms. The van der Waals surface area contributed by atoms with E-state index < -0.39 is 30.9 Å². The van der Waals surface area contributed by atoms with E-state index in [1.807, 2.05) is 0 Å². The van der Waals surface area contributed by atoms with E-state index in [1.165, 1.54) is 0 Å². The fourth-order valence-corrected chi connectivity index (χ4v) is 0.458. The molecule has 0 bridgehead atoms. The van der Waals surface area contributed by atoms with Crippen molar-refractivity contribution >= 4 is 43.7 Å². The number of aliphatic hydroxyl groups excluding tert-OH is 4. The van der Waals surface area contributed by atoms with Crippen LogP contribution in [0.1, 0.15) is 0 Å². The number of carbonyl (C=O) groups is 1. The van der Waals surface area contributed by atoms with E-state index >= 15 is 0 Å². The van der Waals surface area contributed by atoms with Gasteiger partial charge < -0.3 is 30.3 Å². The average molecular weight is 205 g/mol. The van der Waals surface area contributed by atoms with Crippen LogP contribution >= 0.6 is 0 Å². The van der Waals surface area contributed by atoms with E-state index in [1.54, 1.807) is 0 Å². The molecule has 3 unspecified atom stereocenters. The zero-order chi connectivity index (χ0) is 9.02. The summed E-state index contributed by atoms with van der Waals surface area (Å²) in [5.41, 5.74) is 0. The first-order valence-electron chi connectivity index (χ1n) is 2.86. The van der Waals surface area contributed by atoms with Crippen molar-refractivity contribution < 1.29 is 30.3 Å². The summed E-state index contributed by atoms with van der Waals surface area (Å²) in [6.07, 6.45) is -5.79. The quantitative estimate of drug-likeness (QED) is 0.343. The Morgan fingerprint density at radius 2 is 1.75 bits per heavy atom. The minimum atomic E-state index is -2.18. The molecule has 0 spiro atoms. The second-order valence-corrected chi connectivity index (χ2v) is 2.00. The maximum Gasteiger partial charge on any atom is 2.00 e. The van der Waals surface area contributed by atoms with Crippen LogP contribution in [0.4, 0.5) is 0 Å². The SMILES string of the molecule is O=C([O-])C(O)C(O)C(O)CO.[Ca+2]. The summed E-state index contributed by atoms with van der Waals surface area (Å²) in [6.45, 7) is -0.828. The maximum absolute atomic E-state index is 9.85. The summed E-state index contributed by atoms with van der Waals surface area (Å²) >= 11 is 0. The fourth-order valence-electron chi connectivity index (χ4n) is 0.458. The van der Waals surface area contributed by atoms with Crippen molar-refractivity contribution in [2.45, 2.75) is 18.3 Å². The van der Waals surface area contributed by atoms with Gasteiger partial charge in [-0.2, -0.15) is 0 Å². The molecule has 0 saturated heterocycles. The minimum absolute atomic E-state index is 0. The maximum atomic E-state index is 9.85. The first kappa shape index (κ1) is 15.1. The minimum Gasteiger partial charge on any atom is -0.547 e. The van der Waals surface area contributed by atoms with Crippen LogP contribution in [0.2, 0.25) is 0 Å². The molecule has 0 aromatic carbocycles. The van der Waals surface area contributed by atoms with E-state index in [-0.39, 0.29) is 37.7 Å². The molecule has 0 aromatic rings. The number of aliphatic hydroxyl groups is 4. The summed E-state index contributed by atoms with van der Waals surface area (Å²) in [5, 5.41) is 43.8. The van der Waals surface area contributed by atoms with Gasteiger partial charge in [0.2, 0.25) is 0 Å². The van der Waals surface area contributed by atoms with E-state index in [0.717, 1.165) is 0 Å². The Morgan fingerprint density at radius 1 is 1.33 bits per heavy atom. The number of aliphatic carboxylic acids is 1. The summed E-state index contributed by atoms with van der Waals surface area (Å²) in [6, 6.07) is 0. The Morgan fingerprint density at radius 3 is 2.00 bits per heavy atom. The second-order valence-electron chi connectivity index (χ2n) is 2.00. The topological polar surface area (TPSA) is 121 Å². The van der Waals surface area contributed by atoms with E-state index in [9.17, 15) is 9.90 Å². The molecule has 66 valence electrons. The molecule has 0 aliphatic heterocycles. The molecule has 0 saturated carbocycles. The van der Waals surface area contributed by atoms with Crippen molar-refractivity contribution in [3.63, 3.8) is 0 Å². The van der Waals surface area contributed by atoms with Gasteiger partial charge in [-0.05, 0) is 0 Å². The van der Waals surface area contributed by atoms with Crippen LogP contribution in [0, 0.1) is 0 Å². The van der Waals surface area contributed by atoms with Crippen molar-refractivity contribution in [1.29, 1.82) is 0 Å². The largest absolute Gasteiger partial charge is 2.00 e. The van der Waals surface area contributed by atoms with Gasteiger partial charge in [0.05, 0.1) is 12.6 Å². The van der Waals surface area contributed by atoms with Crippen LogP contribution in [-0.2, 0) is 4.79 Å². The molecule has 0 aliphatic rings. The summed E-state index contributed by atoms with van der Waals surface area (Å²) in [7, 11) is 0. The smallest absolute Gasteiger partial charge is 0.547 e.